The van der Waals surface area contributed by atoms with Gasteiger partial charge in [-0.05, 0) is 86.3 Å². The minimum absolute atomic E-state index is 0.00282. The number of sulfone groups is 1. The smallest absolute Gasteiger partial charge is 0.435 e. The van der Waals surface area contributed by atoms with Crippen molar-refractivity contribution >= 4 is 21.7 Å². The standard InChI is InChI=1S/C30H29F8NO5S/c31-21-7-9-22(10-8-21)45(43,44)27-13-14-39(25(40)15-17-1-3-18(4-2-17)26(41)42)24(27)12-5-19-16-20(6-11-23(19)27)28(32,29(33,34)35)30(36,37)38/h6-11,16-18,24H,1-5,12-15H2,(H,41,42)/t17?,18?,24-,27-/m1/s1. The molecule has 2 aromatic rings. The fourth-order valence-corrected chi connectivity index (χ4v) is 9.70. The zero-order valence-corrected chi connectivity index (χ0v) is 24.4. The predicted molar refractivity (Wildman–Crippen MR) is 143 cm³/mol. The summed E-state index contributed by atoms with van der Waals surface area (Å²) >= 11 is 0. The Kier molecular flexibility index (Phi) is 8.27. The highest BCUT2D eigenvalue weighted by molar-refractivity contribution is 7.92. The first kappa shape index (κ1) is 33.1. The van der Waals surface area contributed by atoms with E-state index in [1.165, 1.54) is 4.90 Å². The third-order valence-corrected chi connectivity index (χ3v) is 12.2. The number of carboxylic acids is 1. The quantitative estimate of drug-likeness (QED) is 0.277. The third-order valence-electron chi connectivity index (χ3n) is 9.65. The van der Waals surface area contributed by atoms with Gasteiger partial charge >= 0.3 is 24.0 Å². The van der Waals surface area contributed by atoms with E-state index in [2.05, 4.69) is 0 Å². The first-order valence-electron chi connectivity index (χ1n) is 14.3. The average Bonchev–Trinajstić information content (AvgIpc) is 3.38. The molecule has 1 aliphatic heterocycles. The Morgan fingerprint density at radius 3 is 2.04 bits per heavy atom. The topological polar surface area (TPSA) is 91.8 Å². The lowest BCUT2D eigenvalue weighted by Gasteiger charge is -2.43. The summed E-state index contributed by atoms with van der Waals surface area (Å²) in [7, 11) is -4.58. The van der Waals surface area contributed by atoms with Gasteiger partial charge in [0.25, 0.3) is 0 Å². The third kappa shape index (κ3) is 5.28. The van der Waals surface area contributed by atoms with E-state index in [1.807, 2.05) is 0 Å². The number of hydrogen-bond donors (Lipinski definition) is 1. The lowest BCUT2D eigenvalue weighted by Crippen LogP contribution is -2.53. The number of carbonyl (C=O) groups is 2. The summed E-state index contributed by atoms with van der Waals surface area (Å²) in [6, 6.07) is 4.14. The van der Waals surface area contributed by atoms with Crippen molar-refractivity contribution in [2.24, 2.45) is 11.8 Å². The highest BCUT2D eigenvalue weighted by atomic mass is 32.2. The largest absolute Gasteiger partial charge is 0.481 e. The van der Waals surface area contributed by atoms with Crippen LogP contribution in [-0.4, -0.2) is 55.2 Å². The van der Waals surface area contributed by atoms with Crippen molar-refractivity contribution in [1.29, 1.82) is 0 Å². The summed E-state index contributed by atoms with van der Waals surface area (Å²) in [4.78, 5) is 25.9. The molecule has 3 aliphatic rings. The summed E-state index contributed by atoms with van der Waals surface area (Å²) in [6.07, 6.45) is -11.7. The van der Waals surface area contributed by atoms with Gasteiger partial charge in [0.05, 0.1) is 16.9 Å². The lowest BCUT2D eigenvalue weighted by molar-refractivity contribution is -0.348. The van der Waals surface area contributed by atoms with Gasteiger partial charge in [-0.2, -0.15) is 26.3 Å². The molecule has 2 fully saturated rings. The number of halogens is 8. The van der Waals surface area contributed by atoms with Gasteiger partial charge in [0, 0.05) is 18.5 Å². The van der Waals surface area contributed by atoms with Crippen molar-refractivity contribution in [3.63, 3.8) is 0 Å². The number of carbonyl (C=O) groups excluding carboxylic acids is 1. The van der Waals surface area contributed by atoms with E-state index in [1.54, 1.807) is 0 Å². The minimum atomic E-state index is -6.37. The Balaban J connectivity index is 1.57. The Morgan fingerprint density at radius 1 is 0.889 bits per heavy atom. The van der Waals surface area contributed by atoms with Crippen LogP contribution in [0.3, 0.4) is 0 Å². The molecular formula is C30H29F8NO5S. The van der Waals surface area contributed by atoms with Gasteiger partial charge in [-0.15, -0.1) is 0 Å². The molecule has 5 rings (SSSR count). The number of fused-ring (bicyclic) bond motifs is 3. The Labute approximate surface area is 253 Å². The Morgan fingerprint density at radius 2 is 1.49 bits per heavy atom. The van der Waals surface area contributed by atoms with Crippen molar-refractivity contribution in [2.45, 2.75) is 85.1 Å². The van der Waals surface area contributed by atoms with Gasteiger partial charge in [-0.3, -0.25) is 9.59 Å². The van der Waals surface area contributed by atoms with Gasteiger partial charge < -0.3 is 10.0 Å². The van der Waals surface area contributed by atoms with Gasteiger partial charge in [0.1, 0.15) is 10.6 Å². The molecule has 15 heteroatoms. The number of rotatable bonds is 6. The molecule has 1 heterocycles. The van der Waals surface area contributed by atoms with Crippen molar-refractivity contribution in [1.82, 2.24) is 4.90 Å². The van der Waals surface area contributed by atoms with E-state index >= 15 is 0 Å². The van der Waals surface area contributed by atoms with E-state index in [9.17, 15) is 58.2 Å². The second kappa shape index (κ2) is 11.2. The van der Waals surface area contributed by atoms with Crippen LogP contribution in [0.5, 0.6) is 0 Å². The average molecular weight is 668 g/mol. The van der Waals surface area contributed by atoms with Gasteiger partial charge in [0.2, 0.25) is 5.91 Å². The van der Waals surface area contributed by atoms with E-state index in [-0.39, 0.29) is 60.2 Å². The van der Waals surface area contributed by atoms with Crippen LogP contribution in [0.2, 0.25) is 0 Å². The van der Waals surface area contributed by atoms with Crippen molar-refractivity contribution in [3.05, 3.63) is 65.0 Å². The molecule has 1 saturated heterocycles. The molecule has 1 N–H and O–H groups in total. The van der Waals surface area contributed by atoms with Crippen LogP contribution in [0, 0.1) is 17.7 Å². The van der Waals surface area contributed by atoms with Gasteiger partial charge in [-0.1, -0.05) is 18.2 Å². The fourth-order valence-electron chi connectivity index (χ4n) is 7.33. The number of amides is 1. The summed E-state index contributed by atoms with van der Waals surface area (Å²) < 4.78 is 137. The number of carboxylic acid groups (broad SMARTS) is 1. The molecule has 0 spiro atoms. The number of aliphatic carboxylic acids is 1. The first-order chi connectivity index (χ1) is 20.8. The normalized spacial score (nSPS) is 25.9. The number of benzene rings is 2. The molecule has 0 aromatic heterocycles. The van der Waals surface area contributed by atoms with Crippen LogP contribution >= 0.6 is 0 Å². The predicted octanol–water partition coefficient (Wildman–Crippen LogP) is 6.61. The second-order valence-corrected chi connectivity index (χ2v) is 14.2. The summed E-state index contributed by atoms with van der Waals surface area (Å²) in [5.41, 5.74) is -7.83. The second-order valence-electron chi connectivity index (χ2n) is 12.0. The van der Waals surface area contributed by atoms with Crippen LogP contribution in [0.4, 0.5) is 35.1 Å². The number of aryl methyl sites for hydroxylation is 1. The minimum Gasteiger partial charge on any atom is -0.481 e. The molecule has 6 nitrogen and oxygen atoms in total. The lowest BCUT2D eigenvalue weighted by atomic mass is 9.76. The number of nitrogens with zero attached hydrogens (tertiary/aromatic N) is 1. The highest BCUT2D eigenvalue weighted by Crippen LogP contribution is 2.57. The summed E-state index contributed by atoms with van der Waals surface area (Å²) in [5.74, 6) is -2.76. The molecule has 2 aromatic carbocycles. The van der Waals surface area contributed by atoms with Crippen molar-refractivity contribution in [3.8, 4) is 0 Å². The Hall–Kier alpha value is -3.23. The van der Waals surface area contributed by atoms with Crippen LogP contribution in [0.25, 0.3) is 0 Å². The molecule has 246 valence electrons. The zero-order valence-electron chi connectivity index (χ0n) is 23.6. The molecule has 1 amide bonds. The van der Waals surface area contributed by atoms with Crippen LogP contribution in [0.15, 0.2) is 47.4 Å². The summed E-state index contributed by atoms with van der Waals surface area (Å²) in [6.45, 7) is -0.103. The molecule has 0 bridgehead atoms. The summed E-state index contributed by atoms with van der Waals surface area (Å²) in [5, 5.41) is 9.26. The fraction of sp³-hybridized carbons (Fsp3) is 0.533. The van der Waals surface area contributed by atoms with E-state index in [0.29, 0.717) is 31.7 Å². The van der Waals surface area contributed by atoms with Crippen molar-refractivity contribution < 1.29 is 58.2 Å². The van der Waals surface area contributed by atoms with E-state index in [4.69, 9.17) is 0 Å². The number of likely N-dealkylation sites (tertiary alicyclic amines) is 1. The van der Waals surface area contributed by atoms with Crippen LogP contribution in [0.1, 0.15) is 61.6 Å². The van der Waals surface area contributed by atoms with Gasteiger partial charge in [-0.25, -0.2) is 17.2 Å². The number of hydrogen-bond acceptors (Lipinski definition) is 4. The molecule has 0 unspecified atom stereocenters. The molecule has 45 heavy (non-hydrogen) atoms. The highest BCUT2D eigenvalue weighted by Gasteiger charge is 2.74. The van der Waals surface area contributed by atoms with E-state index < -0.39 is 67.8 Å². The zero-order chi connectivity index (χ0) is 33.2. The van der Waals surface area contributed by atoms with Gasteiger partial charge in [0.15, 0.2) is 9.84 Å². The maximum Gasteiger partial charge on any atom is 0.435 e. The molecule has 0 radical (unpaired) electrons. The van der Waals surface area contributed by atoms with Crippen LogP contribution in [-0.2, 0) is 36.3 Å². The monoisotopic (exact) mass is 667 g/mol. The molecular weight excluding hydrogens is 638 g/mol. The SMILES string of the molecule is O=C(O)C1CCC(CC(=O)N2CC[C@@]3(S(=O)(=O)c4ccc(F)cc4)c4ccc(C(F)(C(F)(F)F)C(F)(F)F)cc4CC[C@@H]23)CC1. The Bertz CT molecular complexity index is 1570. The van der Waals surface area contributed by atoms with Crippen molar-refractivity contribution in [2.75, 3.05) is 6.54 Å². The molecule has 1 saturated carbocycles. The number of alkyl halides is 7. The molecule has 2 aliphatic carbocycles. The maximum absolute atomic E-state index is 15.0. The van der Waals surface area contributed by atoms with E-state index in [0.717, 1.165) is 30.3 Å². The first-order valence-corrected chi connectivity index (χ1v) is 15.8. The van der Waals surface area contributed by atoms with Crippen LogP contribution < -0.4 is 0 Å². The molecule has 2 atom stereocenters. The maximum atomic E-state index is 15.0.